The molecule has 7 nitrogen and oxygen atoms in total. The normalized spacial score (nSPS) is 11.7. The summed E-state index contributed by atoms with van der Waals surface area (Å²) in [5.74, 6) is -1.36. The number of nitriles is 1. The summed E-state index contributed by atoms with van der Waals surface area (Å²) in [5.41, 5.74) is -5.30. The van der Waals surface area contributed by atoms with Crippen LogP contribution >= 0.6 is 11.3 Å². The van der Waals surface area contributed by atoms with Gasteiger partial charge in [0.25, 0.3) is 0 Å². The Bertz CT molecular complexity index is 1020. The van der Waals surface area contributed by atoms with Crippen molar-refractivity contribution in [1.82, 2.24) is 4.98 Å². The second-order valence-electron chi connectivity index (χ2n) is 4.95. The summed E-state index contributed by atoms with van der Waals surface area (Å²) in [5, 5.41) is 9.44. The highest BCUT2D eigenvalue weighted by Gasteiger charge is 2.48. The number of nitrogens with zero attached hydrogens (tertiary/aromatic N) is 2. The molecule has 0 saturated heterocycles. The number of alkyl halides is 3. The van der Waals surface area contributed by atoms with Crippen LogP contribution in [0.1, 0.15) is 27.9 Å². The molecule has 2 rings (SSSR count). The summed E-state index contributed by atoms with van der Waals surface area (Å²) in [6.45, 7) is 1.77. The third-order valence-corrected chi connectivity index (χ3v) is 5.33. The van der Waals surface area contributed by atoms with Crippen LogP contribution in [0.2, 0.25) is 0 Å². The number of benzene rings is 1. The molecule has 0 fully saturated rings. The Morgan fingerprint density at radius 2 is 2.04 bits per heavy atom. The average Bonchev–Trinajstić information content (AvgIpc) is 3.04. The second kappa shape index (κ2) is 7.53. The van der Waals surface area contributed by atoms with Gasteiger partial charge in [-0.2, -0.15) is 26.9 Å². The lowest BCUT2D eigenvalue weighted by Gasteiger charge is -2.10. The Morgan fingerprint density at radius 3 is 2.56 bits per heavy atom. The molecule has 0 N–H and O–H groups in total. The standard InChI is InChI=1S/C15H11F3N2O5S2/c1-3-10-12(14(21)24-2)26-13(20-10)8-4-5-11(9(6-8)7-19)25-27(22,23)15(16,17)18/h4-6H,3H2,1-2H3. The number of halogens is 3. The zero-order chi connectivity index (χ0) is 20.4. The van der Waals surface area contributed by atoms with Crippen LogP contribution in [0.5, 0.6) is 5.75 Å². The van der Waals surface area contributed by atoms with Crippen molar-refractivity contribution in [2.24, 2.45) is 0 Å². The number of methoxy groups -OCH3 is 1. The van der Waals surface area contributed by atoms with E-state index in [1.165, 1.54) is 13.2 Å². The first kappa shape index (κ1) is 20.7. The molecule has 0 aliphatic heterocycles. The Kier molecular flexibility index (Phi) is 5.76. The number of hydrogen-bond acceptors (Lipinski definition) is 8. The molecule has 0 amide bonds. The van der Waals surface area contributed by atoms with Crippen LogP contribution < -0.4 is 4.18 Å². The zero-order valence-electron chi connectivity index (χ0n) is 13.8. The van der Waals surface area contributed by atoms with Crippen LogP contribution in [0, 0.1) is 11.3 Å². The SMILES string of the molecule is CCc1nc(-c2ccc(OS(=O)(=O)C(F)(F)F)c(C#N)c2)sc1C(=O)OC. The number of ether oxygens (including phenoxy) is 1. The minimum Gasteiger partial charge on any atom is -0.465 e. The van der Waals surface area contributed by atoms with Crippen LogP contribution in [0.3, 0.4) is 0 Å². The van der Waals surface area contributed by atoms with Crippen molar-refractivity contribution in [3.63, 3.8) is 0 Å². The highest BCUT2D eigenvalue weighted by molar-refractivity contribution is 7.88. The minimum absolute atomic E-state index is 0.258. The van der Waals surface area contributed by atoms with E-state index in [9.17, 15) is 26.4 Å². The minimum atomic E-state index is -5.91. The fraction of sp³-hybridized carbons (Fsp3) is 0.267. The van der Waals surface area contributed by atoms with Crippen molar-refractivity contribution in [3.8, 4) is 22.4 Å². The van der Waals surface area contributed by atoms with Crippen molar-refractivity contribution in [1.29, 1.82) is 5.26 Å². The summed E-state index contributed by atoms with van der Waals surface area (Å²) in [6, 6.07) is 4.86. The molecular formula is C15H11F3N2O5S2. The number of aromatic nitrogens is 1. The summed E-state index contributed by atoms with van der Waals surface area (Å²) in [6.07, 6.45) is 0.428. The molecule has 0 unspecified atom stereocenters. The molecule has 0 bridgehead atoms. The largest absolute Gasteiger partial charge is 0.534 e. The van der Waals surface area contributed by atoms with Gasteiger partial charge in [0.2, 0.25) is 0 Å². The molecule has 2 aromatic rings. The van der Waals surface area contributed by atoms with Gasteiger partial charge in [-0.3, -0.25) is 0 Å². The van der Waals surface area contributed by atoms with Crippen molar-refractivity contribution in [3.05, 3.63) is 34.3 Å². The molecule has 1 aromatic heterocycles. The highest BCUT2D eigenvalue weighted by atomic mass is 32.2. The number of esters is 1. The van der Waals surface area contributed by atoms with E-state index < -0.39 is 32.9 Å². The fourth-order valence-electron chi connectivity index (χ4n) is 1.96. The molecule has 1 aromatic carbocycles. The maximum atomic E-state index is 12.4. The van der Waals surface area contributed by atoms with E-state index in [0.717, 1.165) is 23.5 Å². The lowest BCUT2D eigenvalue weighted by Crippen LogP contribution is -2.28. The predicted molar refractivity (Wildman–Crippen MR) is 88.6 cm³/mol. The summed E-state index contributed by atoms with van der Waals surface area (Å²) >= 11 is 0.978. The number of carbonyl (C=O) groups is 1. The van der Waals surface area contributed by atoms with Gasteiger partial charge in [-0.25, -0.2) is 9.78 Å². The van der Waals surface area contributed by atoms with E-state index >= 15 is 0 Å². The van der Waals surface area contributed by atoms with E-state index in [4.69, 9.17) is 5.26 Å². The summed E-state index contributed by atoms with van der Waals surface area (Å²) in [7, 11) is -4.70. The molecule has 12 heteroatoms. The Morgan fingerprint density at radius 1 is 1.37 bits per heavy atom. The fourth-order valence-corrected chi connectivity index (χ4v) is 3.50. The molecule has 144 valence electrons. The Labute approximate surface area is 156 Å². The summed E-state index contributed by atoms with van der Waals surface area (Å²) < 4.78 is 68.3. The van der Waals surface area contributed by atoms with Gasteiger partial charge >= 0.3 is 21.6 Å². The second-order valence-corrected chi connectivity index (χ2v) is 7.48. The van der Waals surface area contributed by atoms with Crippen molar-refractivity contribution >= 4 is 27.4 Å². The van der Waals surface area contributed by atoms with Gasteiger partial charge in [-0.1, -0.05) is 6.92 Å². The zero-order valence-corrected chi connectivity index (χ0v) is 15.5. The van der Waals surface area contributed by atoms with Gasteiger partial charge in [-0.15, -0.1) is 11.3 Å². The maximum Gasteiger partial charge on any atom is 0.534 e. The molecule has 0 aliphatic rings. The summed E-state index contributed by atoms with van der Waals surface area (Å²) in [4.78, 5) is 16.3. The number of carbonyl (C=O) groups excluding carboxylic acids is 1. The number of thiazole rings is 1. The molecule has 0 aliphatic carbocycles. The molecule has 0 radical (unpaired) electrons. The number of rotatable bonds is 5. The monoisotopic (exact) mass is 420 g/mol. The van der Waals surface area contributed by atoms with E-state index in [1.807, 2.05) is 0 Å². The quantitative estimate of drug-likeness (QED) is 0.415. The van der Waals surface area contributed by atoms with E-state index in [0.29, 0.717) is 22.7 Å². The van der Waals surface area contributed by atoms with E-state index in [1.54, 1.807) is 13.0 Å². The third-order valence-electron chi connectivity index (χ3n) is 3.23. The van der Waals surface area contributed by atoms with Crippen LogP contribution in [0.4, 0.5) is 13.2 Å². The third kappa shape index (κ3) is 4.20. The molecule has 0 saturated carbocycles. The maximum absolute atomic E-state index is 12.4. The van der Waals surface area contributed by atoms with Crippen LogP contribution in [-0.4, -0.2) is 32.0 Å². The number of aryl methyl sites for hydroxylation is 1. The average molecular weight is 420 g/mol. The van der Waals surface area contributed by atoms with Crippen molar-refractivity contribution < 1.29 is 35.3 Å². The van der Waals surface area contributed by atoms with Crippen LogP contribution in [-0.2, 0) is 21.3 Å². The lowest BCUT2D eigenvalue weighted by molar-refractivity contribution is -0.0500. The molecule has 1 heterocycles. The topological polar surface area (TPSA) is 106 Å². The van der Waals surface area contributed by atoms with Crippen molar-refractivity contribution in [2.45, 2.75) is 18.9 Å². The van der Waals surface area contributed by atoms with E-state index in [2.05, 4.69) is 13.9 Å². The molecule has 0 atom stereocenters. The van der Waals surface area contributed by atoms with E-state index in [-0.39, 0.29) is 4.88 Å². The molecule has 27 heavy (non-hydrogen) atoms. The first-order valence-corrected chi connectivity index (χ1v) is 9.39. The van der Waals surface area contributed by atoms with Gasteiger partial charge < -0.3 is 8.92 Å². The van der Waals surface area contributed by atoms with Crippen LogP contribution in [0.15, 0.2) is 18.2 Å². The first-order chi connectivity index (χ1) is 12.5. The van der Waals surface area contributed by atoms with Gasteiger partial charge in [0.1, 0.15) is 16.0 Å². The van der Waals surface area contributed by atoms with Crippen molar-refractivity contribution in [2.75, 3.05) is 7.11 Å². The smallest absolute Gasteiger partial charge is 0.465 e. The van der Waals surface area contributed by atoms with Crippen LogP contribution in [0.25, 0.3) is 10.6 Å². The Hall–Kier alpha value is -2.65. The first-order valence-electron chi connectivity index (χ1n) is 7.17. The lowest BCUT2D eigenvalue weighted by atomic mass is 10.1. The Balaban J connectivity index is 2.47. The van der Waals surface area contributed by atoms with Gasteiger partial charge in [0.05, 0.1) is 18.4 Å². The predicted octanol–water partition coefficient (Wildman–Crippen LogP) is 3.26. The highest BCUT2D eigenvalue weighted by Crippen LogP contribution is 2.34. The molecular weight excluding hydrogens is 409 g/mol. The van der Waals surface area contributed by atoms with Gasteiger partial charge in [0.15, 0.2) is 5.75 Å². The van der Waals surface area contributed by atoms with Gasteiger partial charge in [0, 0.05) is 5.56 Å². The number of hydrogen-bond donors (Lipinski definition) is 0. The molecule has 0 spiro atoms. The van der Waals surface area contributed by atoms with Gasteiger partial charge in [-0.05, 0) is 24.6 Å².